The van der Waals surface area contributed by atoms with Crippen molar-refractivity contribution in [3.8, 4) is 67.1 Å². The van der Waals surface area contributed by atoms with Gasteiger partial charge in [0.05, 0.1) is 0 Å². The molecule has 0 saturated carbocycles. The van der Waals surface area contributed by atoms with E-state index >= 15 is 0 Å². The summed E-state index contributed by atoms with van der Waals surface area (Å²) in [6.07, 6.45) is 0. The Hall–Kier alpha value is -6.64. The van der Waals surface area contributed by atoms with Crippen molar-refractivity contribution in [3.05, 3.63) is 198 Å². The van der Waals surface area contributed by atoms with Crippen LogP contribution < -0.4 is 9.64 Å². The Morgan fingerprint density at radius 2 is 0.786 bits per heavy atom. The number of rotatable bonds is 4. The van der Waals surface area contributed by atoms with E-state index in [2.05, 4.69) is 209 Å². The first-order valence-corrected chi connectivity index (χ1v) is 19.7. The molecular weight excluding hydrogens is 679 g/mol. The van der Waals surface area contributed by atoms with Crippen LogP contribution >= 0.6 is 0 Å². The van der Waals surface area contributed by atoms with E-state index in [9.17, 15) is 0 Å². The molecule has 3 aliphatic rings. The molecule has 56 heavy (non-hydrogen) atoms. The summed E-state index contributed by atoms with van der Waals surface area (Å²) in [5, 5.41) is 0. The predicted molar refractivity (Wildman–Crippen MR) is 233 cm³/mol. The van der Waals surface area contributed by atoms with Crippen LogP contribution in [0.15, 0.2) is 176 Å². The third-order valence-corrected chi connectivity index (χ3v) is 12.7. The summed E-state index contributed by atoms with van der Waals surface area (Å²) in [6.45, 7) is 9.44. The fraction of sp³-hybridized carbons (Fsp3) is 0.111. The van der Waals surface area contributed by atoms with Crippen molar-refractivity contribution >= 4 is 17.1 Å². The topological polar surface area (TPSA) is 12.5 Å². The second-order valence-corrected chi connectivity index (χ2v) is 16.5. The smallest absolute Gasteiger partial charge is 0.135 e. The van der Waals surface area contributed by atoms with Crippen molar-refractivity contribution in [1.29, 1.82) is 0 Å². The van der Waals surface area contributed by atoms with Crippen LogP contribution in [0.4, 0.5) is 17.1 Å². The van der Waals surface area contributed by atoms with Crippen molar-refractivity contribution in [1.82, 2.24) is 0 Å². The van der Waals surface area contributed by atoms with E-state index in [1.165, 1.54) is 55.6 Å². The third-order valence-electron chi connectivity index (χ3n) is 12.7. The highest BCUT2D eigenvalue weighted by molar-refractivity contribution is 5.95. The zero-order valence-corrected chi connectivity index (χ0v) is 32.1. The lowest BCUT2D eigenvalue weighted by atomic mass is 9.82. The average molecular weight is 720 g/mol. The standard InChI is InChI=1S/C54H41NO/c1-53(2)47-20-12-10-18-41(47)43-27-23-37(32-49(43)53)55(38-24-28-44-42-19-11-13-21-48(42)54(3,4)50(44)33-38)36-25-29-51-46(31-36)40-17-9-8-16-39(40)45-26-22-35(30-52(45)56-51)34-14-6-5-7-15-34/h5-33H,1-4H3. The Kier molecular flexibility index (Phi) is 6.98. The first-order chi connectivity index (χ1) is 27.3. The predicted octanol–water partition coefficient (Wildman–Crippen LogP) is 14.9. The van der Waals surface area contributed by atoms with Gasteiger partial charge >= 0.3 is 0 Å². The fourth-order valence-corrected chi connectivity index (χ4v) is 9.78. The number of benzene rings is 8. The monoisotopic (exact) mass is 719 g/mol. The minimum Gasteiger partial charge on any atom is -0.456 e. The van der Waals surface area contributed by atoms with Crippen molar-refractivity contribution in [2.75, 3.05) is 4.90 Å². The molecule has 8 aromatic carbocycles. The summed E-state index contributed by atoms with van der Waals surface area (Å²) >= 11 is 0. The van der Waals surface area contributed by atoms with Crippen LogP contribution in [0, 0.1) is 0 Å². The fourth-order valence-electron chi connectivity index (χ4n) is 9.78. The zero-order chi connectivity index (χ0) is 37.8. The summed E-state index contributed by atoms with van der Waals surface area (Å²) < 4.78 is 6.92. The molecule has 0 atom stereocenters. The lowest BCUT2D eigenvalue weighted by molar-refractivity contribution is 0.488. The second kappa shape index (κ2) is 11.9. The van der Waals surface area contributed by atoms with Crippen LogP contribution in [0.1, 0.15) is 49.9 Å². The highest BCUT2D eigenvalue weighted by Crippen LogP contribution is 2.54. The molecule has 268 valence electrons. The highest BCUT2D eigenvalue weighted by atomic mass is 16.5. The minimum atomic E-state index is -0.125. The van der Waals surface area contributed by atoms with Gasteiger partial charge in [-0.25, -0.2) is 0 Å². The van der Waals surface area contributed by atoms with Crippen LogP contribution in [0.25, 0.3) is 55.6 Å². The van der Waals surface area contributed by atoms with E-state index in [-0.39, 0.29) is 10.8 Å². The molecule has 0 spiro atoms. The Labute approximate surface area is 329 Å². The van der Waals surface area contributed by atoms with Gasteiger partial charge in [-0.2, -0.15) is 0 Å². The molecule has 0 saturated heterocycles. The molecule has 8 aromatic rings. The Morgan fingerprint density at radius 1 is 0.321 bits per heavy atom. The summed E-state index contributed by atoms with van der Waals surface area (Å²) in [6, 6.07) is 64.5. The van der Waals surface area contributed by atoms with Gasteiger partial charge in [-0.3, -0.25) is 0 Å². The summed E-state index contributed by atoms with van der Waals surface area (Å²) in [4.78, 5) is 2.45. The number of ether oxygens (including phenoxy) is 1. The molecule has 0 bridgehead atoms. The van der Waals surface area contributed by atoms with E-state index in [0.29, 0.717) is 0 Å². The molecule has 0 amide bonds. The molecule has 2 heteroatoms. The van der Waals surface area contributed by atoms with Crippen molar-refractivity contribution in [2.24, 2.45) is 0 Å². The van der Waals surface area contributed by atoms with Crippen LogP contribution in [0.5, 0.6) is 11.5 Å². The van der Waals surface area contributed by atoms with Gasteiger partial charge in [0.25, 0.3) is 0 Å². The van der Waals surface area contributed by atoms with Crippen molar-refractivity contribution < 1.29 is 4.74 Å². The maximum atomic E-state index is 6.92. The normalized spacial score (nSPS) is 14.5. The van der Waals surface area contributed by atoms with Gasteiger partial charge in [-0.15, -0.1) is 0 Å². The SMILES string of the molecule is CC1(C)c2ccccc2-c2ccc(N(c3ccc4c(c3)-c3ccccc3-c3ccc(-c5ccccc5)cc3O4)c3ccc4c(c3)C(C)(C)c3ccccc3-4)cc21. The molecule has 0 fully saturated rings. The lowest BCUT2D eigenvalue weighted by Gasteiger charge is -2.30. The van der Waals surface area contributed by atoms with Gasteiger partial charge in [0.1, 0.15) is 11.5 Å². The van der Waals surface area contributed by atoms with Crippen LogP contribution in [-0.2, 0) is 10.8 Å². The molecule has 0 unspecified atom stereocenters. The molecule has 1 aliphatic heterocycles. The van der Waals surface area contributed by atoms with Gasteiger partial charge in [0.15, 0.2) is 0 Å². The summed E-state index contributed by atoms with van der Waals surface area (Å²) in [5.41, 5.74) is 20.7. The van der Waals surface area contributed by atoms with Crippen LogP contribution in [-0.4, -0.2) is 0 Å². The quantitative estimate of drug-likeness (QED) is 0.180. The molecule has 0 aromatic heterocycles. The van der Waals surface area contributed by atoms with E-state index < -0.39 is 0 Å². The maximum Gasteiger partial charge on any atom is 0.135 e. The minimum absolute atomic E-state index is 0.125. The van der Waals surface area contributed by atoms with Gasteiger partial charge in [0.2, 0.25) is 0 Å². The molecule has 2 aliphatic carbocycles. The average Bonchev–Trinajstić information content (AvgIpc) is 3.53. The first-order valence-electron chi connectivity index (χ1n) is 19.7. The molecule has 1 heterocycles. The zero-order valence-electron chi connectivity index (χ0n) is 32.1. The van der Waals surface area contributed by atoms with Crippen LogP contribution in [0.3, 0.4) is 0 Å². The van der Waals surface area contributed by atoms with Crippen molar-refractivity contribution in [2.45, 2.75) is 38.5 Å². The molecule has 0 radical (unpaired) electrons. The summed E-state index contributed by atoms with van der Waals surface area (Å²) in [7, 11) is 0. The van der Waals surface area contributed by atoms with Gasteiger partial charge in [0, 0.05) is 39.0 Å². The highest BCUT2D eigenvalue weighted by Gasteiger charge is 2.38. The van der Waals surface area contributed by atoms with E-state index in [4.69, 9.17) is 4.74 Å². The molecule has 11 rings (SSSR count). The van der Waals surface area contributed by atoms with E-state index in [0.717, 1.165) is 50.8 Å². The number of nitrogens with zero attached hydrogens (tertiary/aromatic N) is 1. The van der Waals surface area contributed by atoms with E-state index in [1.807, 2.05) is 0 Å². The number of hydrogen-bond acceptors (Lipinski definition) is 2. The Morgan fingerprint density at radius 3 is 1.39 bits per heavy atom. The molecular formula is C54H41NO. The molecule has 2 nitrogen and oxygen atoms in total. The van der Waals surface area contributed by atoms with Gasteiger partial charge < -0.3 is 9.64 Å². The van der Waals surface area contributed by atoms with E-state index in [1.54, 1.807) is 0 Å². The lowest BCUT2D eigenvalue weighted by Crippen LogP contribution is -2.18. The van der Waals surface area contributed by atoms with Gasteiger partial charge in [-0.05, 0) is 121 Å². The van der Waals surface area contributed by atoms with Crippen LogP contribution in [0.2, 0.25) is 0 Å². The Balaban J connectivity index is 1.10. The number of anilines is 3. The van der Waals surface area contributed by atoms with Gasteiger partial charge in [-0.1, -0.05) is 149 Å². The largest absolute Gasteiger partial charge is 0.456 e. The third kappa shape index (κ3) is 4.75. The Bertz CT molecular complexity index is 2790. The van der Waals surface area contributed by atoms with Crippen molar-refractivity contribution in [3.63, 3.8) is 0 Å². The molecule has 0 N–H and O–H groups in total. The maximum absolute atomic E-state index is 6.92. The second-order valence-electron chi connectivity index (χ2n) is 16.5. The number of hydrogen-bond donors (Lipinski definition) is 0. The summed E-state index contributed by atoms with van der Waals surface area (Å²) in [5.74, 6) is 1.71. The number of fused-ring (bicyclic) bond motifs is 11. The first kappa shape index (κ1) is 32.8.